The number of imide groups is 1. The van der Waals surface area contributed by atoms with Crippen molar-refractivity contribution < 1.29 is 28.7 Å². The summed E-state index contributed by atoms with van der Waals surface area (Å²) >= 11 is 0. The van der Waals surface area contributed by atoms with E-state index in [-0.39, 0.29) is 12.8 Å². The van der Waals surface area contributed by atoms with Crippen molar-refractivity contribution in [1.82, 2.24) is 10.2 Å². The van der Waals surface area contributed by atoms with E-state index in [9.17, 15) is 23.6 Å². The molecular formula is C20H18FN3O5. The van der Waals surface area contributed by atoms with Crippen molar-refractivity contribution in [3.05, 3.63) is 66.0 Å². The minimum atomic E-state index is -1.56. The Bertz CT molecular complexity index is 948. The average molecular weight is 399 g/mol. The second kappa shape index (κ2) is 8.09. The number of rotatable bonds is 7. The fourth-order valence-electron chi connectivity index (χ4n) is 3.17. The van der Waals surface area contributed by atoms with Crippen LogP contribution in [0.2, 0.25) is 0 Å². The van der Waals surface area contributed by atoms with Crippen molar-refractivity contribution >= 4 is 29.5 Å². The van der Waals surface area contributed by atoms with E-state index in [1.54, 1.807) is 30.3 Å². The molecule has 3 rings (SSSR count). The van der Waals surface area contributed by atoms with Crippen LogP contribution < -0.4 is 10.6 Å². The largest absolute Gasteiger partial charge is 0.481 e. The Morgan fingerprint density at radius 2 is 1.72 bits per heavy atom. The van der Waals surface area contributed by atoms with Crippen LogP contribution in [0.3, 0.4) is 0 Å². The highest BCUT2D eigenvalue weighted by molar-refractivity contribution is 6.10. The zero-order chi connectivity index (χ0) is 21.0. The molecule has 29 heavy (non-hydrogen) atoms. The number of nitrogens with zero attached hydrogens (tertiary/aromatic N) is 1. The van der Waals surface area contributed by atoms with Gasteiger partial charge in [0.2, 0.25) is 5.91 Å². The van der Waals surface area contributed by atoms with Gasteiger partial charge >= 0.3 is 12.0 Å². The Morgan fingerprint density at radius 1 is 1.07 bits per heavy atom. The van der Waals surface area contributed by atoms with Crippen molar-refractivity contribution in [3.8, 4) is 0 Å². The van der Waals surface area contributed by atoms with Gasteiger partial charge < -0.3 is 15.7 Å². The van der Waals surface area contributed by atoms with Crippen LogP contribution in [0.25, 0.3) is 0 Å². The number of benzene rings is 2. The molecule has 3 N–H and O–H groups in total. The maximum absolute atomic E-state index is 13.1. The summed E-state index contributed by atoms with van der Waals surface area (Å²) in [6.07, 6.45) is -0.510. The summed E-state index contributed by atoms with van der Waals surface area (Å²) in [5.41, 5.74) is -0.822. The first-order chi connectivity index (χ1) is 13.8. The van der Waals surface area contributed by atoms with Crippen molar-refractivity contribution in [2.75, 3.05) is 11.9 Å². The van der Waals surface area contributed by atoms with Gasteiger partial charge in [-0.25, -0.2) is 9.18 Å². The molecule has 2 aromatic carbocycles. The van der Waals surface area contributed by atoms with E-state index in [0.29, 0.717) is 11.3 Å². The van der Waals surface area contributed by atoms with Gasteiger partial charge in [-0.3, -0.25) is 19.3 Å². The molecule has 8 nitrogen and oxygen atoms in total. The molecule has 0 aromatic heterocycles. The van der Waals surface area contributed by atoms with Crippen LogP contribution in [0, 0.1) is 5.82 Å². The van der Waals surface area contributed by atoms with Gasteiger partial charge in [-0.2, -0.15) is 0 Å². The van der Waals surface area contributed by atoms with Crippen LogP contribution in [0.4, 0.5) is 14.9 Å². The third-order valence-corrected chi connectivity index (χ3v) is 4.59. The van der Waals surface area contributed by atoms with E-state index in [2.05, 4.69) is 10.6 Å². The summed E-state index contributed by atoms with van der Waals surface area (Å²) in [5, 5.41) is 14.1. The summed E-state index contributed by atoms with van der Waals surface area (Å²) in [6, 6.07) is 12.5. The van der Waals surface area contributed by atoms with E-state index in [4.69, 9.17) is 5.11 Å². The monoisotopic (exact) mass is 399 g/mol. The van der Waals surface area contributed by atoms with Gasteiger partial charge in [0.05, 0.1) is 0 Å². The SMILES string of the molecule is O=C(O)CCC1(c2ccccc2)NC(=O)N(CC(=O)Nc2ccc(F)cc2)C1=O. The second-order valence-electron chi connectivity index (χ2n) is 6.54. The van der Waals surface area contributed by atoms with Crippen molar-refractivity contribution in [2.24, 2.45) is 0 Å². The molecule has 9 heteroatoms. The molecule has 1 aliphatic rings. The number of urea groups is 1. The first-order valence-electron chi connectivity index (χ1n) is 8.79. The second-order valence-corrected chi connectivity index (χ2v) is 6.54. The lowest BCUT2D eigenvalue weighted by Gasteiger charge is -2.26. The number of hydrogen-bond acceptors (Lipinski definition) is 4. The van der Waals surface area contributed by atoms with Crippen LogP contribution in [-0.2, 0) is 19.9 Å². The molecule has 1 aliphatic heterocycles. The first-order valence-corrected chi connectivity index (χ1v) is 8.79. The quantitative estimate of drug-likeness (QED) is 0.617. The van der Waals surface area contributed by atoms with E-state index >= 15 is 0 Å². The van der Waals surface area contributed by atoms with E-state index in [0.717, 1.165) is 17.0 Å². The van der Waals surface area contributed by atoms with Crippen LogP contribution >= 0.6 is 0 Å². The number of carboxylic acid groups (broad SMARTS) is 1. The third kappa shape index (κ3) is 4.23. The molecule has 0 bridgehead atoms. The van der Waals surface area contributed by atoms with Gasteiger partial charge in [-0.15, -0.1) is 0 Å². The zero-order valence-corrected chi connectivity index (χ0v) is 15.2. The maximum atomic E-state index is 13.1. The minimum Gasteiger partial charge on any atom is -0.481 e. The van der Waals surface area contributed by atoms with Gasteiger partial charge in [0, 0.05) is 12.1 Å². The topological polar surface area (TPSA) is 116 Å². The van der Waals surface area contributed by atoms with Crippen LogP contribution in [-0.4, -0.2) is 40.4 Å². The Labute approximate surface area is 165 Å². The predicted molar refractivity (Wildman–Crippen MR) is 100 cm³/mol. The number of hydrogen-bond donors (Lipinski definition) is 3. The zero-order valence-electron chi connectivity index (χ0n) is 15.2. The van der Waals surface area contributed by atoms with Gasteiger partial charge in [0.1, 0.15) is 17.9 Å². The van der Waals surface area contributed by atoms with E-state index in [1.165, 1.54) is 12.1 Å². The summed E-state index contributed by atoms with van der Waals surface area (Å²) in [6.45, 7) is -0.566. The number of carbonyl (C=O) groups excluding carboxylic acids is 3. The van der Waals surface area contributed by atoms with E-state index < -0.39 is 41.7 Å². The smallest absolute Gasteiger partial charge is 0.325 e. The summed E-state index contributed by atoms with van der Waals surface area (Å²) in [4.78, 5) is 49.7. The molecule has 1 fully saturated rings. The number of halogens is 1. The number of carbonyl (C=O) groups is 4. The molecule has 1 unspecified atom stereocenters. The van der Waals surface area contributed by atoms with Gasteiger partial charge in [-0.1, -0.05) is 30.3 Å². The number of anilines is 1. The maximum Gasteiger partial charge on any atom is 0.325 e. The van der Waals surface area contributed by atoms with Crippen molar-refractivity contribution in [2.45, 2.75) is 18.4 Å². The summed E-state index contributed by atoms with van der Waals surface area (Å²) in [7, 11) is 0. The molecule has 4 amide bonds. The normalized spacial score (nSPS) is 18.4. The van der Waals surface area contributed by atoms with E-state index in [1.807, 2.05) is 0 Å². The molecule has 0 spiro atoms. The molecule has 0 aliphatic carbocycles. The fourth-order valence-corrected chi connectivity index (χ4v) is 3.17. The Kier molecular flexibility index (Phi) is 5.58. The number of aliphatic carboxylic acids is 1. The summed E-state index contributed by atoms with van der Waals surface area (Å²) in [5.74, 6) is -2.94. The average Bonchev–Trinajstić information content (AvgIpc) is 2.94. The molecule has 0 radical (unpaired) electrons. The van der Waals surface area contributed by atoms with Crippen LogP contribution in [0.5, 0.6) is 0 Å². The highest BCUT2D eigenvalue weighted by Gasteiger charge is 2.52. The Morgan fingerprint density at radius 3 is 2.34 bits per heavy atom. The van der Waals surface area contributed by atoms with Crippen molar-refractivity contribution in [1.29, 1.82) is 0 Å². The number of amides is 4. The first kappa shape index (κ1) is 20.0. The van der Waals surface area contributed by atoms with Crippen LogP contribution in [0.1, 0.15) is 18.4 Å². The molecule has 2 aromatic rings. The molecule has 0 saturated carbocycles. The lowest BCUT2D eigenvalue weighted by Crippen LogP contribution is -2.45. The van der Waals surface area contributed by atoms with Gasteiger partial charge in [0.15, 0.2) is 0 Å². The molecule has 1 atom stereocenters. The third-order valence-electron chi connectivity index (χ3n) is 4.59. The van der Waals surface area contributed by atoms with Crippen molar-refractivity contribution in [3.63, 3.8) is 0 Å². The molecule has 150 valence electrons. The lowest BCUT2D eigenvalue weighted by atomic mass is 9.85. The molecule has 1 saturated heterocycles. The lowest BCUT2D eigenvalue weighted by molar-refractivity contribution is -0.138. The summed E-state index contributed by atoms with van der Waals surface area (Å²) < 4.78 is 13.0. The predicted octanol–water partition coefficient (Wildman–Crippen LogP) is 2.08. The van der Waals surface area contributed by atoms with Gasteiger partial charge in [0.25, 0.3) is 5.91 Å². The fraction of sp³-hybridized carbons (Fsp3) is 0.200. The highest BCUT2D eigenvalue weighted by Crippen LogP contribution is 2.33. The molecule has 1 heterocycles. The Balaban J connectivity index is 1.80. The minimum absolute atomic E-state index is 0.160. The number of carboxylic acids is 1. The standard InChI is InChI=1S/C20H18FN3O5/c21-14-6-8-15(9-7-14)22-16(25)12-24-18(28)20(23-19(24)29,11-10-17(26)27)13-4-2-1-3-5-13/h1-9H,10-12H2,(H,22,25)(H,23,29)(H,26,27). The van der Waals surface area contributed by atoms with Gasteiger partial charge in [-0.05, 0) is 36.2 Å². The highest BCUT2D eigenvalue weighted by atomic mass is 19.1. The molecular weight excluding hydrogens is 381 g/mol. The number of nitrogens with one attached hydrogen (secondary N) is 2. The Hall–Kier alpha value is -3.75. The van der Waals surface area contributed by atoms with Crippen LogP contribution in [0.15, 0.2) is 54.6 Å².